The summed E-state index contributed by atoms with van der Waals surface area (Å²) in [6, 6.07) is 7.87. The second-order valence-corrected chi connectivity index (χ2v) is 5.34. The predicted molar refractivity (Wildman–Crippen MR) is 81.0 cm³/mol. The van der Waals surface area contributed by atoms with Crippen molar-refractivity contribution in [1.82, 2.24) is 4.90 Å². The van der Waals surface area contributed by atoms with Crippen molar-refractivity contribution in [3.8, 4) is 5.75 Å². The van der Waals surface area contributed by atoms with Gasteiger partial charge in [0.25, 0.3) is 0 Å². The zero-order valence-corrected chi connectivity index (χ0v) is 12.6. The maximum absolute atomic E-state index is 11.5. The van der Waals surface area contributed by atoms with Crippen molar-refractivity contribution in [2.45, 2.75) is 19.4 Å². The number of carbonyl (C=O) groups is 1. The fourth-order valence-corrected chi connectivity index (χ4v) is 2.61. The molecule has 0 amide bonds. The summed E-state index contributed by atoms with van der Waals surface area (Å²) in [5.41, 5.74) is 6.69. The van der Waals surface area contributed by atoms with E-state index in [1.165, 1.54) is 7.11 Å². The second kappa shape index (κ2) is 8.00. The van der Waals surface area contributed by atoms with E-state index in [2.05, 4.69) is 4.90 Å². The summed E-state index contributed by atoms with van der Waals surface area (Å²) in [5, 5.41) is 0. The van der Waals surface area contributed by atoms with Gasteiger partial charge in [0.1, 0.15) is 12.4 Å². The van der Waals surface area contributed by atoms with Gasteiger partial charge in [0.2, 0.25) is 0 Å². The van der Waals surface area contributed by atoms with Crippen LogP contribution in [0.1, 0.15) is 18.4 Å². The molecule has 1 fully saturated rings. The molecule has 0 unspecified atom stereocenters. The van der Waals surface area contributed by atoms with Gasteiger partial charge < -0.3 is 15.2 Å². The Bertz CT molecular complexity index is 457. The zero-order valence-electron chi connectivity index (χ0n) is 12.6. The van der Waals surface area contributed by atoms with Crippen LogP contribution < -0.4 is 10.5 Å². The standard InChI is InChI=1S/C16H24N2O3/c1-20-16(19)14-5-7-18(8-6-14)9-10-21-15-4-2-3-13(11-15)12-17/h2-4,11,14H,5-10,12,17H2,1H3. The van der Waals surface area contributed by atoms with Crippen LogP contribution in [0, 0.1) is 5.92 Å². The highest BCUT2D eigenvalue weighted by atomic mass is 16.5. The van der Waals surface area contributed by atoms with Crippen LogP contribution in [0.3, 0.4) is 0 Å². The summed E-state index contributed by atoms with van der Waals surface area (Å²) < 4.78 is 10.6. The number of hydrogen-bond donors (Lipinski definition) is 1. The van der Waals surface area contributed by atoms with Gasteiger partial charge in [-0.1, -0.05) is 12.1 Å². The Labute approximate surface area is 126 Å². The molecule has 0 bridgehead atoms. The molecule has 0 aromatic heterocycles. The SMILES string of the molecule is COC(=O)C1CCN(CCOc2cccc(CN)c2)CC1. The monoisotopic (exact) mass is 292 g/mol. The molecule has 1 heterocycles. The first-order valence-electron chi connectivity index (χ1n) is 7.45. The number of likely N-dealkylation sites (tertiary alicyclic amines) is 1. The Morgan fingerprint density at radius 1 is 1.38 bits per heavy atom. The first-order valence-corrected chi connectivity index (χ1v) is 7.45. The number of nitrogens with zero attached hydrogens (tertiary/aromatic N) is 1. The Hall–Kier alpha value is -1.59. The van der Waals surface area contributed by atoms with Crippen LogP contribution in [0.15, 0.2) is 24.3 Å². The van der Waals surface area contributed by atoms with E-state index in [0.717, 1.165) is 43.8 Å². The summed E-state index contributed by atoms with van der Waals surface area (Å²) in [5.74, 6) is 0.848. The van der Waals surface area contributed by atoms with Crippen LogP contribution in [-0.4, -0.2) is 44.2 Å². The average Bonchev–Trinajstić information content (AvgIpc) is 2.55. The minimum atomic E-state index is -0.0792. The van der Waals surface area contributed by atoms with E-state index in [1.54, 1.807) is 0 Å². The van der Waals surface area contributed by atoms with Gasteiger partial charge in [0.15, 0.2) is 0 Å². The third-order valence-electron chi connectivity index (χ3n) is 3.93. The Morgan fingerprint density at radius 3 is 2.81 bits per heavy atom. The third kappa shape index (κ3) is 4.72. The van der Waals surface area contributed by atoms with Gasteiger partial charge in [0, 0.05) is 13.1 Å². The highest BCUT2D eigenvalue weighted by Crippen LogP contribution is 2.18. The molecule has 0 atom stereocenters. The fraction of sp³-hybridized carbons (Fsp3) is 0.562. The quantitative estimate of drug-likeness (QED) is 0.803. The van der Waals surface area contributed by atoms with Crippen LogP contribution in [-0.2, 0) is 16.1 Å². The van der Waals surface area contributed by atoms with Crippen molar-refractivity contribution >= 4 is 5.97 Å². The lowest BCUT2D eigenvalue weighted by atomic mass is 9.97. The maximum Gasteiger partial charge on any atom is 0.308 e. The number of ether oxygens (including phenoxy) is 2. The lowest BCUT2D eigenvalue weighted by Crippen LogP contribution is -2.38. The highest BCUT2D eigenvalue weighted by Gasteiger charge is 2.25. The summed E-state index contributed by atoms with van der Waals surface area (Å²) >= 11 is 0. The van der Waals surface area contributed by atoms with E-state index >= 15 is 0 Å². The zero-order chi connectivity index (χ0) is 15.1. The first kappa shape index (κ1) is 15.8. The number of rotatable bonds is 6. The lowest BCUT2D eigenvalue weighted by molar-refractivity contribution is -0.147. The van der Waals surface area contributed by atoms with Gasteiger partial charge in [-0.3, -0.25) is 9.69 Å². The van der Waals surface area contributed by atoms with E-state index in [9.17, 15) is 4.79 Å². The molecular weight excluding hydrogens is 268 g/mol. The molecular formula is C16H24N2O3. The molecule has 1 saturated heterocycles. The molecule has 2 rings (SSSR count). The Morgan fingerprint density at radius 2 is 2.14 bits per heavy atom. The molecule has 1 aromatic rings. The number of hydrogen-bond acceptors (Lipinski definition) is 5. The molecule has 0 radical (unpaired) electrons. The van der Waals surface area contributed by atoms with E-state index in [4.69, 9.17) is 15.2 Å². The van der Waals surface area contributed by atoms with E-state index in [1.807, 2.05) is 24.3 Å². The number of methoxy groups -OCH3 is 1. The normalized spacial score (nSPS) is 16.7. The summed E-state index contributed by atoms with van der Waals surface area (Å²) in [7, 11) is 1.46. The molecule has 0 spiro atoms. The van der Waals surface area contributed by atoms with Gasteiger partial charge in [-0.15, -0.1) is 0 Å². The smallest absolute Gasteiger partial charge is 0.308 e. The summed E-state index contributed by atoms with van der Waals surface area (Å²) in [6.45, 7) is 3.90. The largest absolute Gasteiger partial charge is 0.492 e. The van der Waals surface area contributed by atoms with Crippen molar-refractivity contribution < 1.29 is 14.3 Å². The number of carbonyl (C=O) groups excluding carboxylic acids is 1. The van der Waals surface area contributed by atoms with Gasteiger partial charge in [-0.05, 0) is 43.6 Å². The van der Waals surface area contributed by atoms with Crippen LogP contribution in [0.5, 0.6) is 5.75 Å². The van der Waals surface area contributed by atoms with Crippen molar-refractivity contribution in [3.05, 3.63) is 29.8 Å². The van der Waals surface area contributed by atoms with Gasteiger partial charge in [-0.25, -0.2) is 0 Å². The first-order chi connectivity index (χ1) is 10.2. The van der Waals surface area contributed by atoms with E-state index in [-0.39, 0.29) is 11.9 Å². The van der Waals surface area contributed by atoms with Gasteiger partial charge >= 0.3 is 5.97 Å². The second-order valence-electron chi connectivity index (χ2n) is 5.34. The Kier molecular flexibility index (Phi) is 6.02. The molecule has 116 valence electrons. The lowest BCUT2D eigenvalue weighted by Gasteiger charge is -2.30. The van der Waals surface area contributed by atoms with Crippen molar-refractivity contribution in [2.75, 3.05) is 33.4 Å². The number of benzene rings is 1. The fourth-order valence-electron chi connectivity index (χ4n) is 2.61. The maximum atomic E-state index is 11.5. The minimum Gasteiger partial charge on any atom is -0.492 e. The molecule has 5 nitrogen and oxygen atoms in total. The molecule has 1 aliphatic heterocycles. The van der Waals surface area contributed by atoms with E-state index in [0.29, 0.717) is 13.2 Å². The molecule has 1 aromatic carbocycles. The number of nitrogens with two attached hydrogens (primary N) is 1. The topological polar surface area (TPSA) is 64.8 Å². The van der Waals surface area contributed by atoms with E-state index < -0.39 is 0 Å². The molecule has 2 N–H and O–H groups in total. The number of esters is 1. The van der Waals surface area contributed by atoms with Crippen LogP contribution in [0.2, 0.25) is 0 Å². The summed E-state index contributed by atoms with van der Waals surface area (Å²) in [4.78, 5) is 13.8. The molecule has 1 aliphatic rings. The van der Waals surface area contributed by atoms with Crippen LogP contribution >= 0.6 is 0 Å². The van der Waals surface area contributed by atoms with Crippen LogP contribution in [0.25, 0.3) is 0 Å². The van der Waals surface area contributed by atoms with Gasteiger partial charge in [-0.2, -0.15) is 0 Å². The molecule has 0 saturated carbocycles. The predicted octanol–water partition coefficient (Wildman–Crippen LogP) is 1.41. The third-order valence-corrected chi connectivity index (χ3v) is 3.93. The summed E-state index contributed by atoms with van der Waals surface area (Å²) in [6.07, 6.45) is 1.74. The van der Waals surface area contributed by atoms with Gasteiger partial charge in [0.05, 0.1) is 13.0 Å². The molecule has 21 heavy (non-hydrogen) atoms. The van der Waals surface area contributed by atoms with Crippen LogP contribution in [0.4, 0.5) is 0 Å². The minimum absolute atomic E-state index is 0.0633. The Balaban J connectivity index is 1.69. The number of piperidine rings is 1. The molecule has 5 heteroatoms. The van der Waals surface area contributed by atoms with Crippen molar-refractivity contribution in [1.29, 1.82) is 0 Å². The van der Waals surface area contributed by atoms with Crippen molar-refractivity contribution in [3.63, 3.8) is 0 Å². The molecule has 0 aliphatic carbocycles. The average molecular weight is 292 g/mol. The van der Waals surface area contributed by atoms with Crippen molar-refractivity contribution in [2.24, 2.45) is 11.7 Å². The highest BCUT2D eigenvalue weighted by molar-refractivity contribution is 5.72.